The van der Waals surface area contributed by atoms with Gasteiger partial charge in [-0.2, -0.15) is 0 Å². The van der Waals surface area contributed by atoms with Gasteiger partial charge < -0.3 is 10.1 Å². The molecule has 0 radical (unpaired) electrons. The normalized spacial score (nSPS) is 11.3. The van der Waals surface area contributed by atoms with Crippen LogP contribution in [0.25, 0.3) is 10.8 Å². The maximum atomic E-state index is 12.2. The minimum absolute atomic E-state index is 0.0975. The topological polar surface area (TPSA) is 72.5 Å². The second kappa shape index (κ2) is 9.37. The molecule has 0 aliphatic carbocycles. The van der Waals surface area contributed by atoms with Crippen molar-refractivity contribution < 1.29 is 17.9 Å². The number of hydrogen-bond donors (Lipinski definition) is 1. The Kier molecular flexibility index (Phi) is 6.66. The van der Waals surface area contributed by atoms with Gasteiger partial charge in [0.1, 0.15) is 5.75 Å². The van der Waals surface area contributed by atoms with E-state index in [-0.39, 0.29) is 29.5 Å². The van der Waals surface area contributed by atoms with Gasteiger partial charge in [-0.3, -0.25) is 4.79 Å². The maximum absolute atomic E-state index is 12.2. The molecule has 146 valence electrons. The van der Waals surface area contributed by atoms with Crippen molar-refractivity contribution >= 4 is 26.5 Å². The molecule has 0 saturated heterocycles. The highest BCUT2D eigenvalue weighted by atomic mass is 32.2. The van der Waals surface area contributed by atoms with Crippen LogP contribution in [0.1, 0.15) is 12.8 Å². The van der Waals surface area contributed by atoms with Gasteiger partial charge in [-0.15, -0.1) is 0 Å². The van der Waals surface area contributed by atoms with Crippen molar-refractivity contribution in [2.75, 3.05) is 18.9 Å². The van der Waals surface area contributed by atoms with Crippen LogP contribution < -0.4 is 10.1 Å². The number of carbonyl (C=O) groups is 1. The number of rotatable bonds is 9. The van der Waals surface area contributed by atoms with E-state index in [1.54, 1.807) is 30.3 Å². The summed E-state index contributed by atoms with van der Waals surface area (Å²) in [6, 6.07) is 22.1. The highest BCUT2D eigenvalue weighted by Gasteiger charge is 2.14. The van der Waals surface area contributed by atoms with Crippen molar-refractivity contribution in [3.8, 4) is 5.75 Å². The molecule has 3 aromatic rings. The summed E-state index contributed by atoms with van der Waals surface area (Å²) in [4.78, 5) is 12.2. The number of nitrogens with one attached hydrogen (secondary N) is 1. The molecule has 0 bridgehead atoms. The minimum atomic E-state index is -3.38. The van der Waals surface area contributed by atoms with Gasteiger partial charge in [0, 0.05) is 18.4 Å². The van der Waals surface area contributed by atoms with Crippen molar-refractivity contribution in [2.24, 2.45) is 0 Å². The second-order valence-corrected chi connectivity index (χ2v) is 8.52. The molecular formula is C22H23NO4S. The molecule has 0 aliphatic heterocycles. The van der Waals surface area contributed by atoms with Crippen LogP contribution in [0.2, 0.25) is 0 Å². The lowest BCUT2D eigenvalue weighted by molar-refractivity contribution is -0.121. The van der Waals surface area contributed by atoms with Crippen molar-refractivity contribution in [2.45, 2.75) is 17.7 Å². The van der Waals surface area contributed by atoms with Crippen molar-refractivity contribution in [1.29, 1.82) is 0 Å². The van der Waals surface area contributed by atoms with Gasteiger partial charge >= 0.3 is 0 Å². The summed E-state index contributed by atoms with van der Waals surface area (Å²) in [7, 11) is -3.38. The lowest BCUT2D eigenvalue weighted by Crippen LogP contribution is -2.29. The predicted octanol–water partition coefficient (Wildman–Crippen LogP) is 3.59. The standard InChI is InChI=1S/C22H23NO4S/c24-22(23-15-17-28(25,26)19-10-2-1-3-11-19)14-7-16-27-21-13-6-9-18-8-4-5-12-20(18)21/h1-6,8-13H,7,14-17H2,(H,23,24). The number of fused-ring (bicyclic) bond motifs is 1. The van der Waals surface area contributed by atoms with E-state index in [2.05, 4.69) is 5.32 Å². The molecular weight excluding hydrogens is 374 g/mol. The Bertz CT molecular complexity index is 1030. The van der Waals surface area contributed by atoms with Crippen LogP contribution in [0.15, 0.2) is 77.7 Å². The fourth-order valence-electron chi connectivity index (χ4n) is 2.90. The Labute approximate surface area is 165 Å². The Morgan fingerprint density at radius 3 is 2.43 bits per heavy atom. The second-order valence-electron chi connectivity index (χ2n) is 6.41. The molecule has 1 amide bonds. The summed E-state index contributed by atoms with van der Waals surface area (Å²) in [6.07, 6.45) is 0.844. The van der Waals surface area contributed by atoms with Crippen LogP contribution in [0, 0.1) is 0 Å². The SMILES string of the molecule is O=C(CCCOc1cccc2ccccc12)NCCS(=O)(=O)c1ccccc1. The number of carbonyl (C=O) groups excluding carboxylic acids is 1. The summed E-state index contributed by atoms with van der Waals surface area (Å²) < 4.78 is 30.1. The van der Waals surface area contributed by atoms with Gasteiger partial charge in [0.15, 0.2) is 9.84 Å². The van der Waals surface area contributed by atoms with Gasteiger partial charge in [-0.1, -0.05) is 54.6 Å². The quantitative estimate of drug-likeness (QED) is 0.560. The largest absolute Gasteiger partial charge is 0.493 e. The minimum Gasteiger partial charge on any atom is -0.493 e. The van der Waals surface area contributed by atoms with Crippen LogP contribution in [0.3, 0.4) is 0 Å². The fraction of sp³-hybridized carbons (Fsp3) is 0.227. The first-order valence-electron chi connectivity index (χ1n) is 9.21. The zero-order valence-electron chi connectivity index (χ0n) is 15.5. The molecule has 1 N–H and O–H groups in total. The average molecular weight is 397 g/mol. The monoisotopic (exact) mass is 397 g/mol. The predicted molar refractivity (Wildman–Crippen MR) is 110 cm³/mol. The highest BCUT2D eigenvalue weighted by Crippen LogP contribution is 2.25. The molecule has 0 heterocycles. The van der Waals surface area contributed by atoms with Gasteiger partial charge in [0.05, 0.1) is 17.3 Å². The van der Waals surface area contributed by atoms with Crippen LogP contribution in [-0.2, 0) is 14.6 Å². The van der Waals surface area contributed by atoms with Crippen molar-refractivity contribution in [1.82, 2.24) is 5.32 Å². The summed E-state index contributed by atoms with van der Waals surface area (Å²) >= 11 is 0. The third kappa shape index (κ3) is 5.33. The molecule has 28 heavy (non-hydrogen) atoms. The van der Waals surface area contributed by atoms with E-state index in [1.807, 2.05) is 42.5 Å². The van der Waals surface area contributed by atoms with E-state index in [9.17, 15) is 13.2 Å². The molecule has 0 aromatic heterocycles. The first kappa shape index (κ1) is 19.9. The Hall–Kier alpha value is -2.86. The average Bonchev–Trinajstić information content (AvgIpc) is 2.72. The molecule has 0 atom stereocenters. The summed E-state index contributed by atoms with van der Waals surface area (Å²) in [6.45, 7) is 0.518. The molecule has 0 fully saturated rings. The summed E-state index contributed by atoms with van der Waals surface area (Å²) in [5, 5.41) is 4.81. The van der Waals surface area contributed by atoms with Crippen LogP contribution in [-0.4, -0.2) is 33.2 Å². The number of ether oxygens (including phenoxy) is 1. The van der Waals surface area contributed by atoms with E-state index in [0.717, 1.165) is 16.5 Å². The number of benzene rings is 3. The molecule has 0 saturated carbocycles. The van der Waals surface area contributed by atoms with E-state index in [1.165, 1.54) is 0 Å². The number of hydrogen-bond acceptors (Lipinski definition) is 4. The number of amides is 1. The van der Waals surface area contributed by atoms with Crippen LogP contribution in [0.4, 0.5) is 0 Å². The van der Waals surface area contributed by atoms with Gasteiger partial charge in [-0.25, -0.2) is 8.42 Å². The Morgan fingerprint density at radius 2 is 1.61 bits per heavy atom. The molecule has 0 unspecified atom stereocenters. The van der Waals surface area contributed by atoms with E-state index in [4.69, 9.17) is 4.74 Å². The third-order valence-electron chi connectivity index (χ3n) is 4.35. The van der Waals surface area contributed by atoms with Gasteiger partial charge in [-0.05, 0) is 30.0 Å². The number of sulfone groups is 1. The Balaban J connectivity index is 1.39. The molecule has 6 heteroatoms. The van der Waals surface area contributed by atoms with Crippen LogP contribution >= 0.6 is 0 Å². The molecule has 5 nitrogen and oxygen atoms in total. The Morgan fingerprint density at radius 1 is 0.893 bits per heavy atom. The maximum Gasteiger partial charge on any atom is 0.220 e. The lowest BCUT2D eigenvalue weighted by Gasteiger charge is -2.10. The zero-order valence-corrected chi connectivity index (χ0v) is 16.3. The first-order valence-corrected chi connectivity index (χ1v) is 10.9. The molecule has 3 rings (SSSR count). The summed E-state index contributed by atoms with van der Waals surface area (Å²) in [5.74, 6) is 0.507. The molecule has 0 spiro atoms. The summed E-state index contributed by atoms with van der Waals surface area (Å²) in [5.41, 5.74) is 0. The van der Waals surface area contributed by atoms with Crippen LogP contribution in [0.5, 0.6) is 5.75 Å². The van der Waals surface area contributed by atoms with E-state index < -0.39 is 9.84 Å². The molecule has 0 aliphatic rings. The molecule has 3 aromatic carbocycles. The van der Waals surface area contributed by atoms with Gasteiger partial charge in [0.25, 0.3) is 0 Å². The van der Waals surface area contributed by atoms with E-state index in [0.29, 0.717) is 13.0 Å². The lowest BCUT2D eigenvalue weighted by atomic mass is 10.1. The van der Waals surface area contributed by atoms with Gasteiger partial charge in [0.2, 0.25) is 5.91 Å². The smallest absolute Gasteiger partial charge is 0.220 e. The highest BCUT2D eigenvalue weighted by molar-refractivity contribution is 7.91. The zero-order chi connectivity index (χ0) is 19.8. The van der Waals surface area contributed by atoms with Crippen molar-refractivity contribution in [3.05, 3.63) is 72.8 Å². The third-order valence-corrected chi connectivity index (χ3v) is 6.08. The fourth-order valence-corrected chi connectivity index (χ4v) is 4.07. The van der Waals surface area contributed by atoms with E-state index >= 15 is 0 Å². The van der Waals surface area contributed by atoms with Crippen molar-refractivity contribution in [3.63, 3.8) is 0 Å². The first-order chi connectivity index (χ1) is 13.6.